The van der Waals surface area contributed by atoms with E-state index in [1.807, 2.05) is 19.9 Å². The summed E-state index contributed by atoms with van der Waals surface area (Å²) >= 11 is 6.03. The van der Waals surface area contributed by atoms with Gasteiger partial charge in [0.25, 0.3) is 10.0 Å². The van der Waals surface area contributed by atoms with Crippen LogP contribution in [0.4, 0.5) is 5.69 Å². The standard InChI is InChI=1S/C31H38ClN3O6S/c1-5-19-33-31(37)27(6-2)34(21-23-11-10-12-25(20-23)40-4)30(36)22-35(28-13-8-9-14-29(28)41-7-3)42(38,39)26-17-15-24(32)16-18-26/h8-18,20,27H,5-7,19,21-22H2,1-4H3,(H,33,37)/t27-/m1/s1. The van der Waals surface area contributed by atoms with Gasteiger partial charge in [-0.2, -0.15) is 0 Å². The highest BCUT2D eigenvalue weighted by atomic mass is 35.5. The van der Waals surface area contributed by atoms with Gasteiger partial charge in [-0.05, 0) is 73.9 Å². The molecule has 0 spiro atoms. The third-order valence-electron chi connectivity index (χ3n) is 6.54. The SMILES string of the molecule is CCCNC(=O)[C@@H](CC)N(Cc1cccc(OC)c1)C(=O)CN(c1ccccc1OCC)S(=O)(=O)c1ccc(Cl)cc1. The molecule has 0 aliphatic carbocycles. The Hall–Kier alpha value is -3.76. The number of para-hydroxylation sites is 2. The van der Waals surface area contributed by atoms with Crippen LogP contribution in [0.5, 0.6) is 11.5 Å². The van der Waals surface area contributed by atoms with Crippen molar-refractivity contribution < 1.29 is 27.5 Å². The van der Waals surface area contributed by atoms with E-state index in [-0.39, 0.29) is 29.6 Å². The summed E-state index contributed by atoms with van der Waals surface area (Å²) in [6, 6.07) is 18.7. The lowest BCUT2D eigenvalue weighted by molar-refractivity contribution is -0.140. The predicted molar refractivity (Wildman–Crippen MR) is 165 cm³/mol. The van der Waals surface area contributed by atoms with Crippen LogP contribution in [-0.4, -0.2) is 58.0 Å². The van der Waals surface area contributed by atoms with Gasteiger partial charge >= 0.3 is 0 Å². The molecule has 0 saturated heterocycles. The first-order valence-corrected chi connectivity index (χ1v) is 15.7. The number of halogens is 1. The number of sulfonamides is 1. The Morgan fingerprint density at radius 1 is 0.976 bits per heavy atom. The molecule has 1 N–H and O–H groups in total. The van der Waals surface area contributed by atoms with Crippen LogP contribution in [0.15, 0.2) is 77.7 Å². The number of benzene rings is 3. The zero-order chi connectivity index (χ0) is 30.7. The van der Waals surface area contributed by atoms with Gasteiger partial charge < -0.3 is 19.7 Å². The van der Waals surface area contributed by atoms with Crippen LogP contribution >= 0.6 is 11.6 Å². The highest BCUT2D eigenvalue weighted by Gasteiger charge is 2.34. The quantitative estimate of drug-likeness (QED) is 0.250. The number of carbonyl (C=O) groups is 2. The summed E-state index contributed by atoms with van der Waals surface area (Å²) in [5.74, 6) is 0.0379. The molecular formula is C31H38ClN3O6S. The van der Waals surface area contributed by atoms with Crippen molar-refractivity contribution in [1.29, 1.82) is 0 Å². The van der Waals surface area contributed by atoms with Crippen molar-refractivity contribution in [2.45, 2.75) is 51.1 Å². The summed E-state index contributed by atoms with van der Waals surface area (Å²) in [7, 11) is -2.72. The Balaban J connectivity index is 2.11. The van der Waals surface area contributed by atoms with Crippen LogP contribution in [0.3, 0.4) is 0 Å². The number of amides is 2. The molecule has 3 aromatic rings. The van der Waals surface area contributed by atoms with Gasteiger partial charge in [-0.15, -0.1) is 0 Å². The highest BCUT2D eigenvalue weighted by Crippen LogP contribution is 2.33. The number of anilines is 1. The van der Waals surface area contributed by atoms with Gasteiger partial charge in [0.05, 0.1) is 24.3 Å². The fraction of sp³-hybridized carbons (Fsp3) is 0.355. The maximum atomic E-state index is 14.2. The van der Waals surface area contributed by atoms with Gasteiger partial charge in [-0.25, -0.2) is 8.42 Å². The molecule has 226 valence electrons. The number of rotatable bonds is 15. The Morgan fingerprint density at radius 2 is 1.69 bits per heavy atom. The number of methoxy groups -OCH3 is 1. The van der Waals surface area contributed by atoms with Gasteiger partial charge in [0.15, 0.2) is 0 Å². The van der Waals surface area contributed by atoms with Crippen LogP contribution in [0.25, 0.3) is 0 Å². The maximum Gasteiger partial charge on any atom is 0.264 e. The molecule has 0 aromatic heterocycles. The second kappa shape index (κ2) is 15.5. The van der Waals surface area contributed by atoms with Crippen LogP contribution in [0.2, 0.25) is 5.02 Å². The smallest absolute Gasteiger partial charge is 0.264 e. The molecule has 0 heterocycles. The lowest BCUT2D eigenvalue weighted by Gasteiger charge is -2.33. The van der Waals surface area contributed by atoms with Crippen molar-refractivity contribution in [2.75, 3.05) is 31.1 Å². The van der Waals surface area contributed by atoms with Crippen molar-refractivity contribution >= 4 is 39.1 Å². The van der Waals surface area contributed by atoms with E-state index in [0.717, 1.165) is 16.3 Å². The van der Waals surface area contributed by atoms with Crippen LogP contribution in [-0.2, 0) is 26.2 Å². The van der Waals surface area contributed by atoms with Crippen LogP contribution < -0.4 is 19.1 Å². The summed E-state index contributed by atoms with van der Waals surface area (Å²) < 4.78 is 40.3. The van der Waals surface area contributed by atoms with E-state index >= 15 is 0 Å². The zero-order valence-corrected chi connectivity index (χ0v) is 26.0. The van der Waals surface area contributed by atoms with E-state index in [1.54, 1.807) is 56.5 Å². The molecule has 0 saturated carbocycles. The van der Waals surface area contributed by atoms with Crippen molar-refractivity contribution in [1.82, 2.24) is 10.2 Å². The van der Waals surface area contributed by atoms with E-state index in [9.17, 15) is 18.0 Å². The third-order valence-corrected chi connectivity index (χ3v) is 8.56. The van der Waals surface area contributed by atoms with Gasteiger partial charge in [-0.1, -0.05) is 49.7 Å². The molecule has 0 fully saturated rings. The van der Waals surface area contributed by atoms with Crippen molar-refractivity contribution in [3.8, 4) is 11.5 Å². The number of hydrogen-bond donors (Lipinski definition) is 1. The first-order valence-electron chi connectivity index (χ1n) is 13.9. The Labute approximate surface area is 253 Å². The lowest BCUT2D eigenvalue weighted by atomic mass is 10.1. The third kappa shape index (κ3) is 8.17. The summed E-state index contributed by atoms with van der Waals surface area (Å²) in [6.07, 6.45) is 1.05. The van der Waals surface area contributed by atoms with E-state index < -0.39 is 28.5 Å². The molecule has 9 nitrogen and oxygen atoms in total. The topological polar surface area (TPSA) is 105 Å². The monoisotopic (exact) mass is 615 g/mol. The number of carbonyl (C=O) groups excluding carboxylic acids is 2. The minimum atomic E-state index is -4.26. The maximum absolute atomic E-state index is 14.2. The minimum absolute atomic E-state index is 0.0434. The molecule has 2 amide bonds. The van der Waals surface area contributed by atoms with Gasteiger partial charge in [0.2, 0.25) is 11.8 Å². The van der Waals surface area contributed by atoms with Crippen molar-refractivity contribution in [3.63, 3.8) is 0 Å². The average Bonchev–Trinajstić information content (AvgIpc) is 2.99. The normalized spacial score (nSPS) is 11.8. The second-order valence-corrected chi connectivity index (χ2v) is 11.8. The fourth-order valence-corrected chi connectivity index (χ4v) is 5.99. The Kier molecular flexibility index (Phi) is 12.1. The molecule has 3 aromatic carbocycles. The summed E-state index contributed by atoms with van der Waals surface area (Å²) in [5.41, 5.74) is 0.929. The molecule has 11 heteroatoms. The van der Waals surface area contributed by atoms with Gasteiger partial charge in [0.1, 0.15) is 24.1 Å². The molecule has 0 radical (unpaired) electrons. The minimum Gasteiger partial charge on any atom is -0.497 e. The van der Waals surface area contributed by atoms with E-state index in [1.165, 1.54) is 29.2 Å². The highest BCUT2D eigenvalue weighted by molar-refractivity contribution is 7.92. The fourth-order valence-electron chi connectivity index (χ4n) is 4.44. The van der Waals surface area contributed by atoms with Crippen molar-refractivity contribution in [2.24, 2.45) is 0 Å². The average molecular weight is 616 g/mol. The predicted octanol–water partition coefficient (Wildman–Crippen LogP) is 5.28. The van der Waals surface area contributed by atoms with Gasteiger partial charge in [0, 0.05) is 18.1 Å². The van der Waals surface area contributed by atoms with E-state index in [4.69, 9.17) is 21.1 Å². The number of nitrogens with one attached hydrogen (secondary N) is 1. The molecular weight excluding hydrogens is 578 g/mol. The molecule has 0 bridgehead atoms. The first-order chi connectivity index (χ1) is 20.2. The summed E-state index contributed by atoms with van der Waals surface area (Å²) in [5, 5.41) is 3.25. The largest absolute Gasteiger partial charge is 0.497 e. The first kappa shape index (κ1) is 32.8. The van der Waals surface area contributed by atoms with Crippen LogP contribution in [0.1, 0.15) is 39.2 Å². The lowest BCUT2D eigenvalue weighted by Crippen LogP contribution is -2.52. The number of hydrogen-bond acceptors (Lipinski definition) is 6. The molecule has 42 heavy (non-hydrogen) atoms. The molecule has 3 rings (SSSR count). The molecule has 1 atom stereocenters. The Morgan fingerprint density at radius 3 is 2.33 bits per heavy atom. The van der Waals surface area contributed by atoms with Gasteiger partial charge in [-0.3, -0.25) is 13.9 Å². The Bertz CT molecular complexity index is 1450. The number of ether oxygens (including phenoxy) is 2. The van der Waals surface area contributed by atoms with Crippen molar-refractivity contribution in [3.05, 3.63) is 83.4 Å². The second-order valence-electron chi connectivity index (χ2n) is 9.45. The zero-order valence-electron chi connectivity index (χ0n) is 24.4. The summed E-state index contributed by atoms with van der Waals surface area (Å²) in [4.78, 5) is 28.8. The van der Waals surface area contributed by atoms with E-state index in [0.29, 0.717) is 29.5 Å². The molecule has 0 aliphatic heterocycles. The molecule has 0 unspecified atom stereocenters. The summed E-state index contributed by atoms with van der Waals surface area (Å²) in [6.45, 7) is 5.78. The number of nitrogens with zero attached hydrogens (tertiary/aromatic N) is 2. The van der Waals surface area contributed by atoms with Crippen LogP contribution in [0, 0.1) is 0 Å². The van der Waals surface area contributed by atoms with E-state index in [2.05, 4.69) is 5.32 Å². The molecule has 0 aliphatic rings.